The molecular formula is C65H37N9. The maximum Gasteiger partial charge on any atom is 0.126 e. The second kappa shape index (κ2) is 17.8. The fourth-order valence-corrected chi connectivity index (χ4v) is 10.3. The van der Waals surface area contributed by atoms with Gasteiger partial charge in [0.2, 0.25) is 0 Å². The van der Waals surface area contributed by atoms with E-state index in [0.717, 1.165) is 99.4 Å². The predicted molar refractivity (Wildman–Crippen MR) is 291 cm³/mol. The third-order valence-corrected chi connectivity index (χ3v) is 13.9. The fourth-order valence-electron chi connectivity index (χ4n) is 10.3. The summed E-state index contributed by atoms with van der Waals surface area (Å²) in [5.74, 6) is 0.611. The van der Waals surface area contributed by atoms with Crippen LogP contribution in [0.3, 0.4) is 0 Å². The number of nitriles is 5. The number of aromatic nitrogens is 4. The van der Waals surface area contributed by atoms with Crippen molar-refractivity contribution in [2.24, 2.45) is 0 Å². The molecule has 0 saturated heterocycles. The summed E-state index contributed by atoms with van der Waals surface area (Å²) in [7, 11) is 0. The molecule has 0 aliphatic heterocycles. The Hall–Kier alpha value is -10.9. The van der Waals surface area contributed by atoms with Crippen molar-refractivity contribution in [3.8, 4) is 97.5 Å². The van der Waals surface area contributed by atoms with Crippen molar-refractivity contribution in [3.63, 3.8) is 0 Å². The van der Waals surface area contributed by atoms with E-state index in [1.807, 2.05) is 117 Å². The molecule has 0 N–H and O–H groups in total. The monoisotopic (exact) mass is 943 g/mol. The lowest BCUT2D eigenvalue weighted by Gasteiger charge is -2.19. The van der Waals surface area contributed by atoms with Gasteiger partial charge in [-0.1, -0.05) is 97.1 Å². The Morgan fingerprint density at radius 2 is 0.608 bits per heavy atom. The Bertz CT molecular complexity index is 4020. The molecule has 12 aromatic rings. The summed E-state index contributed by atoms with van der Waals surface area (Å²) < 4.78 is 4.38. The van der Waals surface area contributed by atoms with Crippen molar-refractivity contribution < 1.29 is 0 Å². The second-order valence-corrected chi connectivity index (χ2v) is 18.3. The molecule has 342 valence electrons. The van der Waals surface area contributed by atoms with Crippen molar-refractivity contribution >= 4 is 43.6 Å². The van der Waals surface area contributed by atoms with Crippen LogP contribution in [0.2, 0.25) is 0 Å². The molecule has 9 nitrogen and oxygen atoms in total. The van der Waals surface area contributed by atoms with Crippen LogP contribution in [0.15, 0.2) is 188 Å². The first-order valence-electron chi connectivity index (χ1n) is 23.8. The summed E-state index contributed by atoms with van der Waals surface area (Å²) in [6.07, 6.45) is 0. The van der Waals surface area contributed by atoms with Crippen molar-refractivity contribution in [1.82, 2.24) is 19.1 Å². The molecule has 0 unspecified atom stereocenters. The summed E-state index contributed by atoms with van der Waals surface area (Å²) in [5, 5.41) is 54.5. The first-order chi connectivity index (χ1) is 36.2. The quantitative estimate of drug-likeness (QED) is 0.154. The highest BCUT2D eigenvalue weighted by Gasteiger charge is 2.25. The van der Waals surface area contributed by atoms with Gasteiger partial charge in [0.05, 0.1) is 85.7 Å². The van der Waals surface area contributed by atoms with E-state index in [9.17, 15) is 26.3 Å². The first-order valence-corrected chi connectivity index (χ1v) is 23.8. The molecule has 0 atom stereocenters. The van der Waals surface area contributed by atoms with Crippen molar-refractivity contribution in [2.45, 2.75) is 13.8 Å². The minimum absolute atomic E-state index is 0.411. The minimum Gasteiger partial charge on any atom is -0.308 e. The zero-order chi connectivity index (χ0) is 50.6. The molecule has 9 aromatic carbocycles. The number of benzene rings is 9. The Morgan fingerprint density at radius 1 is 0.311 bits per heavy atom. The molecule has 0 bridgehead atoms. The maximum absolute atomic E-state index is 12.0. The van der Waals surface area contributed by atoms with E-state index in [1.165, 1.54) is 0 Å². The Kier molecular flexibility index (Phi) is 10.7. The molecule has 0 fully saturated rings. The van der Waals surface area contributed by atoms with Gasteiger partial charge in [-0.2, -0.15) is 26.3 Å². The highest BCUT2D eigenvalue weighted by Crippen LogP contribution is 2.43. The van der Waals surface area contributed by atoms with E-state index in [1.54, 1.807) is 0 Å². The average Bonchev–Trinajstić information content (AvgIpc) is 3.96. The summed E-state index contributed by atoms with van der Waals surface area (Å²) in [6.45, 7) is 3.83. The van der Waals surface area contributed by atoms with Gasteiger partial charge < -0.3 is 9.13 Å². The Balaban J connectivity index is 1.22. The summed E-state index contributed by atoms with van der Waals surface area (Å²) in [6, 6.07) is 73.4. The van der Waals surface area contributed by atoms with E-state index in [2.05, 4.69) is 129 Å². The predicted octanol–water partition coefficient (Wildman–Crippen LogP) is 15.0. The molecule has 3 aromatic heterocycles. The largest absolute Gasteiger partial charge is 0.308 e. The van der Waals surface area contributed by atoms with Gasteiger partial charge in [0.15, 0.2) is 0 Å². The molecule has 0 aliphatic rings. The van der Waals surface area contributed by atoms with Gasteiger partial charge in [-0.3, -0.25) is 0 Å². The first kappa shape index (κ1) is 44.3. The van der Waals surface area contributed by atoms with Gasteiger partial charge in [-0.15, -0.1) is 0 Å². The van der Waals surface area contributed by atoms with E-state index < -0.39 is 0 Å². The SMILES string of the molecule is Cc1cc(-c2cc(-n3c4cc(-c5ccc(C#N)cc5)ccc4c4ccc(-c5ccc(C#N)cc5)cc43)c(C#N)c(-n3c4cc(-c5ccc(C#N)cc5)ccc4c4ccc(-c5ccc(C#N)cc5)cc43)c2)nc(C)n1. The summed E-state index contributed by atoms with van der Waals surface area (Å²) >= 11 is 0. The van der Waals surface area contributed by atoms with E-state index >= 15 is 0 Å². The number of aryl methyl sites for hydroxylation is 2. The van der Waals surface area contributed by atoms with Crippen LogP contribution in [0.4, 0.5) is 0 Å². The highest BCUT2D eigenvalue weighted by atomic mass is 15.0. The van der Waals surface area contributed by atoms with Gasteiger partial charge in [0.1, 0.15) is 17.5 Å². The molecule has 74 heavy (non-hydrogen) atoms. The number of rotatable bonds is 7. The normalized spacial score (nSPS) is 11.0. The van der Waals surface area contributed by atoms with Crippen molar-refractivity contribution in [2.75, 3.05) is 0 Å². The fraction of sp³-hybridized carbons (Fsp3) is 0.0308. The van der Waals surface area contributed by atoms with Crippen LogP contribution in [-0.2, 0) is 0 Å². The zero-order valence-corrected chi connectivity index (χ0v) is 39.9. The third-order valence-electron chi connectivity index (χ3n) is 13.9. The van der Waals surface area contributed by atoms with E-state index in [-0.39, 0.29) is 0 Å². The molecular weight excluding hydrogens is 907 g/mol. The highest BCUT2D eigenvalue weighted by molar-refractivity contribution is 6.13. The van der Waals surface area contributed by atoms with Crippen LogP contribution in [0.25, 0.3) is 111 Å². The molecule has 0 saturated carbocycles. The van der Waals surface area contributed by atoms with Gasteiger partial charge in [0, 0.05) is 32.8 Å². The summed E-state index contributed by atoms with van der Waals surface area (Å²) in [4.78, 5) is 9.68. The standard InChI is InChI=1S/C65H37N9/c1-39-27-59(72-40(2)71-39)53-32-64(73-60-28-49(45-11-3-41(34-66)4-12-45)19-23-54(60)55-24-20-50(29-61(55)73)46-13-5-42(35-67)6-14-46)58(38-70)65(33-53)74-62-30-51(47-15-7-43(36-68)8-16-47)21-25-56(62)57-26-22-52(31-63(57)74)48-17-9-44(37-69)10-18-48/h3-33H,1-2H3. The average molecular weight is 944 g/mol. The lowest BCUT2D eigenvalue weighted by atomic mass is 10.0. The molecule has 0 spiro atoms. The zero-order valence-electron chi connectivity index (χ0n) is 39.9. The Labute approximate surface area is 425 Å². The maximum atomic E-state index is 12.0. The van der Waals surface area contributed by atoms with Crippen molar-refractivity contribution in [3.05, 3.63) is 227 Å². The number of nitrogens with zero attached hydrogens (tertiary/aromatic N) is 9. The lowest BCUT2D eigenvalue weighted by molar-refractivity contribution is 1.01. The number of fused-ring (bicyclic) bond motifs is 6. The lowest BCUT2D eigenvalue weighted by Crippen LogP contribution is -2.06. The van der Waals surface area contributed by atoms with Crippen LogP contribution in [-0.4, -0.2) is 19.1 Å². The van der Waals surface area contributed by atoms with Crippen LogP contribution >= 0.6 is 0 Å². The van der Waals surface area contributed by atoms with Crippen molar-refractivity contribution in [1.29, 1.82) is 26.3 Å². The number of hydrogen-bond acceptors (Lipinski definition) is 7. The van der Waals surface area contributed by atoms with Gasteiger partial charge in [-0.25, -0.2) is 9.97 Å². The summed E-state index contributed by atoms with van der Waals surface area (Å²) in [5.41, 5.74) is 17.1. The van der Waals surface area contributed by atoms with E-state index in [0.29, 0.717) is 50.7 Å². The van der Waals surface area contributed by atoms with Crippen LogP contribution in [0, 0.1) is 70.5 Å². The molecule has 9 heteroatoms. The van der Waals surface area contributed by atoms with Gasteiger partial charge in [0.25, 0.3) is 0 Å². The molecule has 0 radical (unpaired) electrons. The van der Waals surface area contributed by atoms with Crippen LogP contribution in [0.5, 0.6) is 0 Å². The Morgan fingerprint density at radius 3 is 0.878 bits per heavy atom. The molecule has 0 amide bonds. The third kappa shape index (κ3) is 7.54. The minimum atomic E-state index is 0.411. The number of hydrogen-bond donors (Lipinski definition) is 0. The second-order valence-electron chi connectivity index (χ2n) is 18.3. The topological polar surface area (TPSA) is 155 Å². The van der Waals surface area contributed by atoms with Crippen LogP contribution in [0.1, 0.15) is 39.3 Å². The van der Waals surface area contributed by atoms with Gasteiger partial charge >= 0.3 is 0 Å². The molecule has 12 rings (SSSR count). The smallest absolute Gasteiger partial charge is 0.126 e. The van der Waals surface area contributed by atoms with Gasteiger partial charge in [-0.05, 0) is 149 Å². The molecule has 0 aliphatic carbocycles. The molecule has 3 heterocycles. The van der Waals surface area contributed by atoms with Crippen LogP contribution < -0.4 is 0 Å². The van der Waals surface area contributed by atoms with E-state index in [4.69, 9.17) is 4.98 Å².